The fourth-order valence-electron chi connectivity index (χ4n) is 2.32. The number of anilines is 1. The lowest BCUT2D eigenvalue weighted by Crippen LogP contribution is -2.30. The number of benzene rings is 1. The summed E-state index contributed by atoms with van der Waals surface area (Å²) in [4.78, 5) is 2.26. The van der Waals surface area contributed by atoms with E-state index in [1.54, 1.807) is 13.1 Å². The van der Waals surface area contributed by atoms with Gasteiger partial charge in [0.1, 0.15) is 0 Å². The molecule has 0 atom stereocenters. The van der Waals surface area contributed by atoms with Gasteiger partial charge < -0.3 is 10.1 Å². The summed E-state index contributed by atoms with van der Waals surface area (Å²) in [5.41, 5.74) is 2.36. The maximum absolute atomic E-state index is 12.3. The van der Waals surface area contributed by atoms with Gasteiger partial charge in [0, 0.05) is 20.1 Å². The highest BCUT2D eigenvalue weighted by Gasteiger charge is 2.32. The molecule has 0 bridgehead atoms. The molecule has 0 aromatic heterocycles. The van der Waals surface area contributed by atoms with E-state index in [2.05, 4.69) is 21.9 Å². The van der Waals surface area contributed by atoms with Crippen LogP contribution in [0.3, 0.4) is 0 Å². The summed E-state index contributed by atoms with van der Waals surface area (Å²) in [5, 5.41) is 2.76. The van der Waals surface area contributed by atoms with Crippen molar-refractivity contribution in [2.75, 3.05) is 25.5 Å². The number of nitrogens with zero attached hydrogens (tertiary/aromatic N) is 1. The number of fused-ring (bicyclic) bond motifs is 1. The monoisotopic (exact) mass is 274 g/mol. The largest absolute Gasteiger partial charge is 0.573 e. The molecule has 0 saturated heterocycles. The van der Waals surface area contributed by atoms with Crippen molar-refractivity contribution in [1.29, 1.82) is 0 Å². The number of halogens is 3. The third-order valence-electron chi connectivity index (χ3n) is 3.34. The van der Waals surface area contributed by atoms with Gasteiger partial charge in [-0.15, -0.1) is 13.2 Å². The van der Waals surface area contributed by atoms with Crippen molar-refractivity contribution in [3.63, 3.8) is 0 Å². The summed E-state index contributed by atoms with van der Waals surface area (Å²) in [6, 6.07) is 3.25. The van der Waals surface area contributed by atoms with Gasteiger partial charge in [-0.25, -0.2) is 0 Å². The number of alkyl halides is 3. The smallest absolute Gasteiger partial charge is 0.404 e. The molecule has 1 aliphatic heterocycles. The van der Waals surface area contributed by atoms with Gasteiger partial charge in [-0.2, -0.15) is 0 Å². The minimum absolute atomic E-state index is 0.154. The molecule has 1 aromatic carbocycles. The molecule has 1 aromatic rings. The Balaban J connectivity index is 2.32. The van der Waals surface area contributed by atoms with E-state index in [0.717, 1.165) is 37.2 Å². The van der Waals surface area contributed by atoms with Crippen molar-refractivity contribution >= 4 is 5.69 Å². The number of rotatable bonds is 3. The van der Waals surface area contributed by atoms with Gasteiger partial charge in [0.25, 0.3) is 0 Å². The normalized spacial score (nSPS) is 16.1. The molecule has 19 heavy (non-hydrogen) atoms. The Hall–Kier alpha value is -1.43. The van der Waals surface area contributed by atoms with Crippen LogP contribution in [0.25, 0.3) is 0 Å². The second-order valence-corrected chi connectivity index (χ2v) is 4.53. The third kappa shape index (κ3) is 3.32. The fourth-order valence-corrected chi connectivity index (χ4v) is 2.32. The Labute approximate surface area is 110 Å². The van der Waals surface area contributed by atoms with Crippen LogP contribution in [0.15, 0.2) is 12.1 Å². The first kappa shape index (κ1) is 14.0. The van der Waals surface area contributed by atoms with Crippen molar-refractivity contribution in [3.05, 3.63) is 23.3 Å². The second-order valence-electron chi connectivity index (χ2n) is 4.53. The molecule has 0 fully saturated rings. The number of hydrogen-bond donors (Lipinski definition) is 1. The van der Waals surface area contributed by atoms with Crippen molar-refractivity contribution < 1.29 is 17.9 Å². The molecule has 2 rings (SSSR count). The van der Waals surface area contributed by atoms with Gasteiger partial charge in [-0.05, 0) is 36.2 Å². The average molecular weight is 274 g/mol. The molecule has 1 heterocycles. The summed E-state index contributed by atoms with van der Waals surface area (Å²) in [6.45, 7) is 4.65. The third-order valence-corrected chi connectivity index (χ3v) is 3.34. The molecule has 0 amide bonds. The molecule has 6 heteroatoms. The van der Waals surface area contributed by atoms with Crippen molar-refractivity contribution in [2.45, 2.75) is 26.3 Å². The fraction of sp³-hybridized carbons (Fsp3) is 0.538. The highest BCUT2D eigenvalue weighted by atomic mass is 19.4. The van der Waals surface area contributed by atoms with Crippen molar-refractivity contribution in [2.24, 2.45) is 0 Å². The van der Waals surface area contributed by atoms with E-state index < -0.39 is 6.36 Å². The van der Waals surface area contributed by atoms with Crippen LogP contribution in [0.2, 0.25) is 0 Å². The zero-order valence-corrected chi connectivity index (χ0v) is 11.0. The van der Waals surface area contributed by atoms with Crippen molar-refractivity contribution in [1.82, 2.24) is 4.90 Å². The van der Waals surface area contributed by atoms with Gasteiger partial charge in [-0.3, -0.25) is 4.90 Å². The lowest BCUT2D eigenvalue weighted by molar-refractivity contribution is -0.274. The van der Waals surface area contributed by atoms with E-state index in [4.69, 9.17) is 0 Å². The highest BCUT2D eigenvalue weighted by Crippen LogP contribution is 2.34. The minimum atomic E-state index is -4.66. The Morgan fingerprint density at radius 3 is 2.63 bits per heavy atom. The quantitative estimate of drug-likeness (QED) is 0.917. The minimum Gasteiger partial charge on any atom is -0.404 e. The average Bonchev–Trinajstić information content (AvgIpc) is 2.35. The molecule has 106 valence electrons. The van der Waals surface area contributed by atoms with Gasteiger partial charge in [0.05, 0.1) is 5.69 Å². The molecular formula is C13H17F3N2O. The predicted molar refractivity (Wildman–Crippen MR) is 67.3 cm³/mol. The lowest BCUT2D eigenvalue weighted by Gasteiger charge is -2.28. The molecule has 1 N–H and O–H groups in total. The van der Waals surface area contributed by atoms with Crippen LogP contribution in [-0.2, 0) is 13.0 Å². The summed E-state index contributed by atoms with van der Waals surface area (Å²) < 4.78 is 41.1. The van der Waals surface area contributed by atoms with E-state index in [0.29, 0.717) is 5.69 Å². The highest BCUT2D eigenvalue weighted by molar-refractivity contribution is 5.60. The van der Waals surface area contributed by atoms with Crippen LogP contribution < -0.4 is 10.1 Å². The first-order valence-corrected chi connectivity index (χ1v) is 6.24. The molecule has 1 aliphatic rings. The summed E-state index contributed by atoms with van der Waals surface area (Å²) >= 11 is 0. The van der Waals surface area contributed by atoms with E-state index in [9.17, 15) is 13.2 Å². The number of likely N-dealkylation sites (N-methyl/N-ethyl adjacent to an activating group) is 1. The first-order chi connectivity index (χ1) is 8.93. The Morgan fingerprint density at radius 2 is 2.05 bits per heavy atom. The van der Waals surface area contributed by atoms with Crippen LogP contribution in [0, 0.1) is 0 Å². The standard InChI is InChI=1S/C13H17F3N2O/c1-3-18-5-4-9-7-12(19-13(14,15)16)11(17-2)6-10(9)8-18/h6-7,17H,3-5,8H2,1-2H3. The number of ether oxygens (including phenoxy) is 1. The zero-order valence-electron chi connectivity index (χ0n) is 11.0. The van der Waals surface area contributed by atoms with E-state index >= 15 is 0 Å². The molecule has 3 nitrogen and oxygen atoms in total. The van der Waals surface area contributed by atoms with Gasteiger partial charge in [-0.1, -0.05) is 6.92 Å². The van der Waals surface area contributed by atoms with Crippen LogP contribution >= 0.6 is 0 Å². The SMILES string of the molecule is CCN1CCc2cc(OC(F)(F)F)c(NC)cc2C1. The second kappa shape index (κ2) is 5.28. The lowest BCUT2D eigenvalue weighted by atomic mass is 9.98. The van der Waals surface area contributed by atoms with Crippen molar-refractivity contribution in [3.8, 4) is 5.75 Å². The molecule has 0 unspecified atom stereocenters. The Kier molecular flexibility index (Phi) is 3.89. The van der Waals surface area contributed by atoms with E-state index in [-0.39, 0.29) is 5.75 Å². The molecule has 0 spiro atoms. The Morgan fingerprint density at radius 1 is 1.32 bits per heavy atom. The Bertz CT molecular complexity index is 460. The number of nitrogens with one attached hydrogen (secondary N) is 1. The molecular weight excluding hydrogens is 257 g/mol. The first-order valence-electron chi connectivity index (χ1n) is 6.24. The molecule has 0 aliphatic carbocycles. The topological polar surface area (TPSA) is 24.5 Å². The summed E-state index contributed by atoms with van der Waals surface area (Å²) in [6.07, 6.45) is -3.91. The molecule has 0 saturated carbocycles. The number of hydrogen-bond acceptors (Lipinski definition) is 3. The summed E-state index contributed by atoms with van der Waals surface area (Å²) in [7, 11) is 1.59. The van der Waals surface area contributed by atoms with Crippen LogP contribution in [-0.4, -0.2) is 31.4 Å². The maximum atomic E-state index is 12.3. The van der Waals surface area contributed by atoms with Gasteiger partial charge >= 0.3 is 6.36 Å². The van der Waals surface area contributed by atoms with Crippen LogP contribution in [0.1, 0.15) is 18.1 Å². The van der Waals surface area contributed by atoms with E-state index in [1.807, 2.05) is 0 Å². The van der Waals surface area contributed by atoms with Crippen LogP contribution in [0.4, 0.5) is 18.9 Å². The predicted octanol–water partition coefficient (Wildman–Crippen LogP) is 3.00. The van der Waals surface area contributed by atoms with E-state index in [1.165, 1.54) is 6.07 Å². The van der Waals surface area contributed by atoms with Gasteiger partial charge in [0.2, 0.25) is 0 Å². The van der Waals surface area contributed by atoms with Gasteiger partial charge in [0.15, 0.2) is 5.75 Å². The maximum Gasteiger partial charge on any atom is 0.573 e. The van der Waals surface area contributed by atoms with Crippen LogP contribution in [0.5, 0.6) is 5.75 Å². The summed E-state index contributed by atoms with van der Waals surface area (Å²) in [5.74, 6) is -0.154. The molecule has 0 radical (unpaired) electrons. The zero-order chi connectivity index (χ0) is 14.0.